The van der Waals surface area contributed by atoms with Crippen molar-refractivity contribution in [2.75, 3.05) is 21.3 Å². The summed E-state index contributed by atoms with van der Waals surface area (Å²) in [6.07, 6.45) is 0. The summed E-state index contributed by atoms with van der Waals surface area (Å²) < 4.78 is 41.9. The summed E-state index contributed by atoms with van der Waals surface area (Å²) in [7, 11) is 0.843. The largest absolute Gasteiger partial charge is 0.497 e. The second kappa shape index (κ2) is 7.77. The molecule has 9 heteroatoms. The van der Waals surface area contributed by atoms with Crippen LogP contribution in [0.15, 0.2) is 57.9 Å². The average molecular weight is 389 g/mol. The van der Waals surface area contributed by atoms with Gasteiger partial charge in [-0.15, -0.1) is 0 Å². The van der Waals surface area contributed by atoms with Gasteiger partial charge in [-0.2, -0.15) is 9.29 Å². The fraction of sp³-hybridized carbons (Fsp3) is 0.222. The van der Waals surface area contributed by atoms with Crippen LogP contribution in [0.5, 0.6) is 11.5 Å². The normalized spacial score (nSPS) is 11.6. The predicted molar refractivity (Wildman–Crippen MR) is 97.9 cm³/mol. The van der Waals surface area contributed by atoms with E-state index < -0.39 is 10.0 Å². The van der Waals surface area contributed by atoms with E-state index in [2.05, 4.69) is 10.1 Å². The maximum Gasteiger partial charge on any atom is 0.243 e. The summed E-state index contributed by atoms with van der Waals surface area (Å²) in [5.74, 6) is 1.79. The molecule has 0 fully saturated rings. The van der Waals surface area contributed by atoms with Crippen LogP contribution in [0.1, 0.15) is 5.89 Å². The molecular weight excluding hydrogens is 370 g/mol. The van der Waals surface area contributed by atoms with Crippen molar-refractivity contribution in [1.82, 2.24) is 14.4 Å². The lowest BCUT2D eigenvalue weighted by molar-refractivity contribution is 0.336. The molecule has 2 aromatic carbocycles. The minimum Gasteiger partial charge on any atom is -0.497 e. The van der Waals surface area contributed by atoms with Crippen molar-refractivity contribution >= 4 is 10.0 Å². The van der Waals surface area contributed by atoms with Gasteiger partial charge in [-0.1, -0.05) is 17.3 Å². The lowest BCUT2D eigenvalue weighted by atomic mass is 10.2. The molecule has 0 saturated carbocycles. The van der Waals surface area contributed by atoms with Crippen LogP contribution < -0.4 is 9.47 Å². The third-order valence-corrected chi connectivity index (χ3v) is 5.74. The number of hydrogen-bond donors (Lipinski definition) is 0. The minimum absolute atomic E-state index is 0.0503. The standard InChI is InChI=1S/C18H19N3O5S/c1-21(27(22,23)16-9-7-14(24-2)8-10-16)12-17-19-18(20-26-17)13-5-4-6-15(11-13)25-3/h4-11H,12H2,1-3H3. The molecule has 0 aliphatic heterocycles. The highest BCUT2D eigenvalue weighted by atomic mass is 32.2. The lowest BCUT2D eigenvalue weighted by Crippen LogP contribution is -2.26. The zero-order valence-electron chi connectivity index (χ0n) is 15.1. The quantitative estimate of drug-likeness (QED) is 0.613. The molecule has 0 bridgehead atoms. The number of nitrogens with zero attached hydrogens (tertiary/aromatic N) is 3. The second-order valence-corrected chi connectivity index (χ2v) is 7.73. The SMILES string of the molecule is COc1ccc(S(=O)(=O)N(C)Cc2nc(-c3cccc(OC)c3)no2)cc1. The first kappa shape index (κ1) is 18.9. The second-order valence-electron chi connectivity index (χ2n) is 5.68. The Morgan fingerprint density at radius 2 is 1.74 bits per heavy atom. The molecule has 0 N–H and O–H groups in total. The van der Waals surface area contributed by atoms with Crippen molar-refractivity contribution in [2.24, 2.45) is 0 Å². The van der Waals surface area contributed by atoms with Gasteiger partial charge < -0.3 is 14.0 Å². The van der Waals surface area contributed by atoms with E-state index >= 15 is 0 Å². The van der Waals surface area contributed by atoms with Gasteiger partial charge in [0.1, 0.15) is 11.5 Å². The minimum atomic E-state index is -3.70. The van der Waals surface area contributed by atoms with Crippen LogP contribution >= 0.6 is 0 Å². The van der Waals surface area contributed by atoms with Gasteiger partial charge in [0.25, 0.3) is 0 Å². The van der Waals surface area contributed by atoms with E-state index in [9.17, 15) is 8.42 Å². The Labute approximate surface area is 157 Å². The third-order valence-electron chi connectivity index (χ3n) is 3.92. The Hall–Kier alpha value is -2.91. The predicted octanol–water partition coefficient (Wildman–Crippen LogP) is 2.57. The molecule has 0 atom stereocenters. The summed E-state index contributed by atoms with van der Waals surface area (Å²) in [6.45, 7) is -0.0503. The fourth-order valence-electron chi connectivity index (χ4n) is 2.40. The van der Waals surface area contributed by atoms with Crippen molar-refractivity contribution in [1.29, 1.82) is 0 Å². The van der Waals surface area contributed by atoms with E-state index in [0.717, 1.165) is 4.31 Å². The van der Waals surface area contributed by atoms with Gasteiger partial charge in [0.05, 0.1) is 25.7 Å². The van der Waals surface area contributed by atoms with E-state index in [1.54, 1.807) is 31.4 Å². The topological polar surface area (TPSA) is 94.8 Å². The molecule has 142 valence electrons. The van der Waals surface area contributed by atoms with Gasteiger partial charge in [0.15, 0.2) is 0 Å². The molecular formula is C18H19N3O5S. The zero-order valence-corrected chi connectivity index (χ0v) is 15.9. The van der Waals surface area contributed by atoms with Crippen molar-refractivity contribution in [3.63, 3.8) is 0 Å². The van der Waals surface area contributed by atoms with Crippen molar-refractivity contribution in [3.8, 4) is 22.9 Å². The maximum absolute atomic E-state index is 12.7. The molecule has 3 aromatic rings. The lowest BCUT2D eigenvalue weighted by Gasteiger charge is -2.15. The molecule has 3 rings (SSSR count). The molecule has 0 aliphatic carbocycles. The summed E-state index contributed by atoms with van der Waals surface area (Å²) in [6, 6.07) is 13.4. The first-order valence-electron chi connectivity index (χ1n) is 8.01. The number of methoxy groups -OCH3 is 2. The Morgan fingerprint density at radius 1 is 1.04 bits per heavy atom. The van der Waals surface area contributed by atoms with Gasteiger partial charge in [0.2, 0.25) is 21.7 Å². The van der Waals surface area contributed by atoms with Crippen LogP contribution in [0, 0.1) is 0 Å². The summed E-state index contributed by atoms with van der Waals surface area (Å²) in [4.78, 5) is 4.42. The molecule has 0 radical (unpaired) electrons. The number of hydrogen-bond acceptors (Lipinski definition) is 7. The highest BCUT2D eigenvalue weighted by molar-refractivity contribution is 7.89. The number of sulfonamides is 1. The van der Waals surface area contributed by atoms with Gasteiger partial charge in [-0.05, 0) is 36.4 Å². The molecule has 0 saturated heterocycles. The first-order valence-corrected chi connectivity index (χ1v) is 9.45. The molecule has 27 heavy (non-hydrogen) atoms. The van der Waals surface area contributed by atoms with Crippen LogP contribution in [-0.2, 0) is 16.6 Å². The number of aromatic nitrogens is 2. The number of ether oxygens (including phenoxy) is 2. The Bertz CT molecular complexity index is 1020. The average Bonchev–Trinajstić information content (AvgIpc) is 3.16. The molecule has 1 heterocycles. The van der Waals surface area contributed by atoms with E-state index in [1.165, 1.54) is 26.3 Å². The van der Waals surface area contributed by atoms with Gasteiger partial charge >= 0.3 is 0 Å². The van der Waals surface area contributed by atoms with Crippen LogP contribution in [0.25, 0.3) is 11.4 Å². The van der Waals surface area contributed by atoms with Crippen LogP contribution in [0.2, 0.25) is 0 Å². The summed E-state index contributed by atoms with van der Waals surface area (Å²) in [5, 5.41) is 3.91. The molecule has 0 aliphatic rings. The molecule has 0 spiro atoms. The fourth-order valence-corrected chi connectivity index (χ4v) is 3.52. The maximum atomic E-state index is 12.7. The van der Waals surface area contributed by atoms with Crippen LogP contribution in [0.4, 0.5) is 0 Å². The zero-order chi connectivity index (χ0) is 19.4. The Balaban J connectivity index is 1.77. The summed E-state index contributed by atoms with van der Waals surface area (Å²) in [5.41, 5.74) is 0.713. The monoisotopic (exact) mass is 389 g/mol. The highest BCUT2D eigenvalue weighted by Crippen LogP contribution is 2.23. The van der Waals surface area contributed by atoms with Crippen LogP contribution in [0.3, 0.4) is 0 Å². The van der Waals surface area contributed by atoms with Crippen molar-refractivity contribution in [3.05, 3.63) is 54.4 Å². The van der Waals surface area contributed by atoms with Gasteiger partial charge in [0, 0.05) is 12.6 Å². The smallest absolute Gasteiger partial charge is 0.243 e. The third kappa shape index (κ3) is 4.09. The molecule has 8 nitrogen and oxygen atoms in total. The van der Waals surface area contributed by atoms with Gasteiger partial charge in [-0.25, -0.2) is 8.42 Å². The number of benzene rings is 2. The van der Waals surface area contributed by atoms with E-state index in [0.29, 0.717) is 22.9 Å². The first-order chi connectivity index (χ1) is 12.9. The van der Waals surface area contributed by atoms with Gasteiger partial charge in [-0.3, -0.25) is 0 Å². The number of rotatable bonds is 7. The van der Waals surface area contributed by atoms with Crippen molar-refractivity contribution < 1.29 is 22.4 Å². The molecule has 0 unspecified atom stereocenters. The Morgan fingerprint density at radius 3 is 2.41 bits per heavy atom. The van der Waals surface area contributed by atoms with E-state index in [4.69, 9.17) is 14.0 Å². The molecule has 0 amide bonds. The van der Waals surface area contributed by atoms with Crippen LogP contribution in [-0.4, -0.2) is 44.1 Å². The van der Waals surface area contributed by atoms with E-state index in [-0.39, 0.29) is 17.3 Å². The highest BCUT2D eigenvalue weighted by Gasteiger charge is 2.23. The van der Waals surface area contributed by atoms with Crippen molar-refractivity contribution in [2.45, 2.75) is 11.4 Å². The molecule has 1 aromatic heterocycles. The summed E-state index contributed by atoms with van der Waals surface area (Å²) >= 11 is 0. The van der Waals surface area contributed by atoms with E-state index in [1.807, 2.05) is 12.1 Å². The Kier molecular flexibility index (Phi) is 5.43.